The lowest BCUT2D eigenvalue weighted by Crippen LogP contribution is -2.25. The molecule has 0 aliphatic heterocycles. The molecule has 0 bridgehead atoms. The van der Waals surface area contributed by atoms with E-state index in [4.69, 9.17) is 4.74 Å². The lowest BCUT2D eigenvalue weighted by atomic mass is 9.85. The highest BCUT2D eigenvalue weighted by Gasteiger charge is 2.29. The molecule has 1 fully saturated rings. The van der Waals surface area contributed by atoms with Gasteiger partial charge in [-0.2, -0.15) is 5.10 Å². The first-order chi connectivity index (χ1) is 8.77. The molecular formula is C14H25N3O. The molecule has 1 aliphatic rings. The third-order valence-electron chi connectivity index (χ3n) is 4.15. The van der Waals surface area contributed by atoms with Crippen molar-refractivity contribution in [1.29, 1.82) is 0 Å². The number of nitrogens with zero attached hydrogens (tertiary/aromatic N) is 2. The molecule has 1 aliphatic carbocycles. The van der Waals surface area contributed by atoms with Gasteiger partial charge in [0.2, 0.25) is 0 Å². The number of ether oxygens (including phenoxy) is 1. The summed E-state index contributed by atoms with van der Waals surface area (Å²) < 4.78 is 7.48. The van der Waals surface area contributed by atoms with Crippen molar-refractivity contribution in [2.45, 2.75) is 38.0 Å². The fraction of sp³-hybridized carbons (Fsp3) is 0.786. The molecule has 18 heavy (non-hydrogen) atoms. The van der Waals surface area contributed by atoms with Crippen LogP contribution in [0.5, 0.6) is 5.75 Å². The van der Waals surface area contributed by atoms with Gasteiger partial charge in [-0.1, -0.05) is 19.3 Å². The summed E-state index contributed by atoms with van der Waals surface area (Å²) in [5.74, 6) is 2.22. The maximum Gasteiger partial charge on any atom is 0.160 e. The number of methoxy groups -OCH3 is 1. The molecule has 1 saturated carbocycles. The Morgan fingerprint density at radius 2 is 2.17 bits per heavy atom. The summed E-state index contributed by atoms with van der Waals surface area (Å²) in [5, 5.41) is 7.70. The SMILES string of the molecule is CNCC1CCCCCC1c1c(OC)cnn1C. The van der Waals surface area contributed by atoms with Gasteiger partial charge in [0.1, 0.15) is 0 Å². The Hall–Kier alpha value is -1.03. The minimum absolute atomic E-state index is 0.572. The van der Waals surface area contributed by atoms with Crippen LogP contribution in [0.3, 0.4) is 0 Å². The summed E-state index contributed by atoms with van der Waals surface area (Å²) in [4.78, 5) is 0. The first-order valence-electron chi connectivity index (χ1n) is 6.98. The van der Waals surface area contributed by atoms with Crippen molar-refractivity contribution in [3.05, 3.63) is 11.9 Å². The van der Waals surface area contributed by atoms with Crippen molar-refractivity contribution in [2.24, 2.45) is 13.0 Å². The summed E-state index contributed by atoms with van der Waals surface area (Å²) in [5.41, 5.74) is 1.28. The van der Waals surface area contributed by atoms with Crippen LogP contribution < -0.4 is 10.1 Å². The van der Waals surface area contributed by atoms with Crippen molar-refractivity contribution in [1.82, 2.24) is 15.1 Å². The third-order valence-corrected chi connectivity index (χ3v) is 4.15. The van der Waals surface area contributed by atoms with Crippen molar-refractivity contribution in [2.75, 3.05) is 20.7 Å². The maximum atomic E-state index is 5.48. The van der Waals surface area contributed by atoms with Gasteiger partial charge in [-0.3, -0.25) is 4.68 Å². The maximum absolute atomic E-state index is 5.48. The second-order valence-electron chi connectivity index (χ2n) is 5.28. The number of hydrogen-bond acceptors (Lipinski definition) is 3. The van der Waals surface area contributed by atoms with E-state index in [-0.39, 0.29) is 0 Å². The van der Waals surface area contributed by atoms with Gasteiger partial charge in [0, 0.05) is 13.0 Å². The van der Waals surface area contributed by atoms with E-state index in [0.717, 1.165) is 12.3 Å². The lowest BCUT2D eigenvalue weighted by molar-refractivity contribution is 0.348. The van der Waals surface area contributed by atoms with E-state index in [1.165, 1.54) is 37.8 Å². The van der Waals surface area contributed by atoms with Gasteiger partial charge in [-0.25, -0.2) is 0 Å². The highest BCUT2D eigenvalue weighted by Crippen LogP contribution is 2.39. The van der Waals surface area contributed by atoms with Crippen LogP contribution in [0.25, 0.3) is 0 Å². The molecule has 4 nitrogen and oxygen atoms in total. The van der Waals surface area contributed by atoms with E-state index in [9.17, 15) is 0 Å². The molecule has 1 heterocycles. The normalized spacial score (nSPS) is 24.8. The van der Waals surface area contributed by atoms with E-state index in [2.05, 4.69) is 10.4 Å². The van der Waals surface area contributed by atoms with Crippen LogP contribution in [0.2, 0.25) is 0 Å². The number of aromatic nitrogens is 2. The van der Waals surface area contributed by atoms with Crippen LogP contribution in [0.4, 0.5) is 0 Å². The average molecular weight is 251 g/mol. The molecule has 1 aromatic rings. The van der Waals surface area contributed by atoms with Gasteiger partial charge in [-0.05, 0) is 32.4 Å². The van der Waals surface area contributed by atoms with Gasteiger partial charge in [0.05, 0.1) is 19.0 Å². The van der Waals surface area contributed by atoms with E-state index < -0.39 is 0 Å². The number of rotatable bonds is 4. The number of nitrogens with one attached hydrogen (secondary N) is 1. The molecule has 2 atom stereocenters. The second kappa shape index (κ2) is 6.23. The number of hydrogen-bond donors (Lipinski definition) is 1. The van der Waals surface area contributed by atoms with Crippen molar-refractivity contribution >= 4 is 0 Å². The standard InChI is InChI=1S/C14H25N3O/c1-15-9-11-7-5-4-6-8-12(11)14-13(18-3)10-16-17(14)2/h10-12,15H,4-9H2,1-3H3. The zero-order chi connectivity index (χ0) is 13.0. The van der Waals surface area contributed by atoms with Gasteiger partial charge in [0.25, 0.3) is 0 Å². The van der Waals surface area contributed by atoms with Crippen LogP contribution in [-0.4, -0.2) is 30.5 Å². The average Bonchev–Trinajstić information content (AvgIpc) is 2.59. The fourth-order valence-electron chi connectivity index (χ4n) is 3.26. The summed E-state index contributed by atoms with van der Waals surface area (Å²) in [6.45, 7) is 1.08. The quantitative estimate of drug-likeness (QED) is 0.835. The lowest BCUT2D eigenvalue weighted by Gasteiger charge is -2.25. The summed E-state index contributed by atoms with van der Waals surface area (Å²) in [7, 11) is 5.81. The van der Waals surface area contributed by atoms with E-state index in [1.807, 2.05) is 25.0 Å². The molecule has 0 spiro atoms. The Labute approximate surface area is 110 Å². The molecule has 2 unspecified atom stereocenters. The summed E-state index contributed by atoms with van der Waals surface area (Å²) >= 11 is 0. The minimum atomic E-state index is 0.572. The van der Waals surface area contributed by atoms with Crippen LogP contribution in [0.15, 0.2) is 6.20 Å². The smallest absolute Gasteiger partial charge is 0.160 e. The zero-order valence-electron chi connectivity index (χ0n) is 11.8. The van der Waals surface area contributed by atoms with Gasteiger partial charge >= 0.3 is 0 Å². The fourth-order valence-corrected chi connectivity index (χ4v) is 3.26. The Bertz CT molecular complexity index is 375. The summed E-state index contributed by atoms with van der Waals surface area (Å²) in [6.07, 6.45) is 8.43. The summed E-state index contributed by atoms with van der Waals surface area (Å²) in [6, 6.07) is 0. The largest absolute Gasteiger partial charge is 0.493 e. The zero-order valence-corrected chi connectivity index (χ0v) is 11.8. The molecule has 0 aromatic carbocycles. The molecule has 4 heteroatoms. The predicted molar refractivity (Wildman–Crippen MR) is 73.0 cm³/mol. The van der Waals surface area contributed by atoms with Crippen molar-refractivity contribution in [3.63, 3.8) is 0 Å². The third kappa shape index (κ3) is 2.69. The highest BCUT2D eigenvalue weighted by atomic mass is 16.5. The monoisotopic (exact) mass is 251 g/mol. The number of aryl methyl sites for hydroxylation is 1. The van der Waals surface area contributed by atoms with Crippen LogP contribution >= 0.6 is 0 Å². The van der Waals surface area contributed by atoms with Crippen molar-refractivity contribution in [3.8, 4) is 5.75 Å². The Morgan fingerprint density at radius 1 is 1.39 bits per heavy atom. The topological polar surface area (TPSA) is 39.1 Å². The van der Waals surface area contributed by atoms with Gasteiger partial charge in [-0.15, -0.1) is 0 Å². The van der Waals surface area contributed by atoms with E-state index >= 15 is 0 Å². The Morgan fingerprint density at radius 3 is 2.89 bits per heavy atom. The minimum Gasteiger partial charge on any atom is -0.493 e. The predicted octanol–water partition coefficient (Wildman–Crippen LogP) is 2.31. The Kier molecular flexibility index (Phi) is 4.64. The van der Waals surface area contributed by atoms with E-state index in [0.29, 0.717) is 11.8 Å². The first-order valence-corrected chi connectivity index (χ1v) is 6.98. The second-order valence-corrected chi connectivity index (χ2v) is 5.28. The van der Waals surface area contributed by atoms with Crippen LogP contribution in [0, 0.1) is 5.92 Å². The first kappa shape index (κ1) is 13.4. The van der Waals surface area contributed by atoms with Gasteiger partial charge < -0.3 is 10.1 Å². The van der Waals surface area contributed by atoms with E-state index in [1.54, 1.807) is 7.11 Å². The molecule has 1 N–H and O–H groups in total. The molecule has 0 radical (unpaired) electrons. The Balaban J connectivity index is 2.28. The molecule has 2 rings (SSSR count). The molecule has 0 amide bonds. The molecule has 1 aromatic heterocycles. The molecule has 102 valence electrons. The molecule has 0 saturated heterocycles. The van der Waals surface area contributed by atoms with Gasteiger partial charge in [0.15, 0.2) is 5.75 Å². The highest BCUT2D eigenvalue weighted by molar-refractivity contribution is 5.29. The van der Waals surface area contributed by atoms with Crippen LogP contribution in [0.1, 0.15) is 43.7 Å². The van der Waals surface area contributed by atoms with Crippen molar-refractivity contribution < 1.29 is 4.74 Å². The van der Waals surface area contributed by atoms with Crippen LogP contribution in [-0.2, 0) is 7.05 Å². The molecular weight excluding hydrogens is 226 g/mol.